The molecule has 6 aliphatic rings. The molecule has 6 aromatic carbocycles. The van der Waals surface area contributed by atoms with Gasteiger partial charge in [0.15, 0.2) is 5.41 Å². The zero-order valence-corrected chi connectivity index (χ0v) is 85.6. The number of amides is 7. The van der Waals surface area contributed by atoms with E-state index < -0.39 is 121 Å². The van der Waals surface area contributed by atoms with Crippen LogP contribution in [0.25, 0.3) is 33.8 Å². The number of esters is 2. The normalized spacial score (nSPS) is 15.4. The molecule has 6 fully saturated rings. The number of phenolic OH excluding ortho intramolecular Hbond substituents is 1. The van der Waals surface area contributed by atoms with E-state index in [1.54, 1.807) is 137 Å². The van der Waals surface area contributed by atoms with Gasteiger partial charge in [-0.2, -0.15) is 0 Å². The molecule has 9 aromatic rings. The number of nitrogens with one attached hydrogen (secondary N) is 6. The van der Waals surface area contributed by atoms with Crippen LogP contribution in [0.1, 0.15) is 135 Å². The highest BCUT2D eigenvalue weighted by Gasteiger charge is 2.59. The van der Waals surface area contributed by atoms with Crippen molar-refractivity contribution in [3.05, 3.63) is 217 Å². The lowest BCUT2D eigenvalue weighted by molar-refractivity contribution is -0.159. The Morgan fingerprint density at radius 3 is 0.958 bits per heavy atom. The van der Waals surface area contributed by atoms with Crippen molar-refractivity contribution in [2.24, 2.45) is 32.5 Å². The number of benzene rings is 6. The van der Waals surface area contributed by atoms with Gasteiger partial charge in [-0.15, -0.1) is 0 Å². The van der Waals surface area contributed by atoms with Crippen LogP contribution in [0, 0.1) is 49.9 Å². The number of carboxylic acid groups (broad SMARTS) is 1. The van der Waals surface area contributed by atoms with Gasteiger partial charge in [0.05, 0.1) is 94.0 Å². The molecule has 3 heterocycles. The van der Waals surface area contributed by atoms with E-state index in [1.807, 2.05) is 0 Å². The predicted molar refractivity (Wildman–Crippen MR) is 524 cm³/mol. The monoisotopic (exact) mass is 2060 g/mol. The molecule has 6 saturated carbocycles. The van der Waals surface area contributed by atoms with Crippen molar-refractivity contribution >= 4 is 89.7 Å². The molecule has 0 aliphatic heterocycles. The number of carbonyl (C=O) groups excluding carboxylic acids is 9. The summed E-state index contributed by atoms with van der Waals surface area (Å²) in [4.78, 5) is 116. The van der Waals surface area contributed by atoms with Gasteiger partial charge in [0.2, 0.25) is 29.5 Å². The molecule has 37 nitrogen and oxygen atoms in total. The molecule has 7 amide bonds. The molecule has 0 spiro atoms. The van der Waals surface area contributed by atoms with Gasteiger partial charge in [0.1, 0.15) is 64.5 Å². The van der Waals surface area contributed by atoms with Gasteiger partial charge < -0.3 is 90.5 Å². The molecular formula is C101H126F3N11O26S3. The van der Waals surface area contributed by atoms with Crippen molar-refractivity contribution in [2.75, 3.05) is 97.0 Å². The predicted octanol–water partition coefficient (Wildman–Crippen LogP) is 11.3. The number of aliphatic hydroxyl groups excluding tert-OH is 2. The summed E-state index contributed by atoms with van der Waals surface area (Å²) >= 11 is 0. The maximum absolute atomic E-state index is 14.9. The van der Waals surface area contributed by atoms with Gasteiger partial charge in [-0.1, -0.05) is 54.6 Å². The fourth-order valence-corrected chi connectivity index (χ4v) is 19.0. The first-order chi connectivity index (χ1) is 67.7. The number of carboxylic acids is 1. The minimum atomic E-state index is -4.22. The highest BCUT2D eigenvalue weighted by molar-refractivity contribution is 7.90. The third-order valence-corrected chi connectivity index (χ3v) is 29.3. The van der Waals surface area contributed by atoms with E-state index in [1.165, 1.54) is 161 Å². The summed E-state index contributed by atoms with van der Waals surface area (Å²) < 4.78 is 160. The van der Waals surface area contributed by atoms with Gasteiger partial charge in [-0.05, 0) is 233 Å². The number of nitrogens with zero attached hydrogens (tertiary/aromatic N) is 5. The molecule has 144 heavy (non-hydrogen) atoms. The number of hydrogen-bond acceptors (Lipinski definition) is 26. The lowest BCUT2D eigenvalue weighted by atomic mass is 10.1. The molecule has 0 radical (unpaired) electrons. The van der Waals surface area contributed by atoms with Crippen molar-refractivity contribution in [1.29, 1.82) is 0 Å². The minimum absolute atomic E-state index is 0.00727. The van der Waals surface area contributed by atoms with Crippen LogP contribution in [0.3, 0.4) is 0 Å². The van der Waals surface area contributed by atoms with E-state index in [4.69, 9.17) is 34.3 Å². The Morgan fingerprint density at radius 2 is 0.694 bits per heavy atom. The molecule has 43 heteroatoms. The van der Waals surface area contributed by atoms with Crippen LogP contribution >= 0.6 is 0 Å². The number of aromatic nitrogens is 3. The van der Waals surface area contributed by atoms with Gasteiger partial charge in [0, 0.05) is 109 Å². The second-order valence-corrected chi connectivity index (χ2v) is 43.0. The molecule has 15 rings (SSSR count). The van der Waals surface area contributed by atoms with Gasteiger partial charge >= 0.3 is 30.1 Å². The maximum Gasteiger partial charge on any atom is 0.410 e. The Labute approximate surface area is 835 Å². The number of halogens is 3. The number of aliphatic carboxylic acids is 1. The molecule has 0 unspecified atom stereocenters. The Kier molecular flexibility index (Phi) is 37.4. The SMILES string of the molecule is CN(Cc1cc(-c2ccccc2F)n(S(=O)(=O)c2cccc(O)c2)c1)C(=O)OC(C)(C)C.CNC(=O)C1(C(=O)OC)CC1.CNC(=O)C1(CO)CC1.CNC(=O)C1(CO)CC1.CNC(=O)C1(COc2cccc(S(=O)(=O)n3cc(CN(C)C(=O)OC(C)(C)C)cc3-c3ccccc3F)c2)CC1.CNCc1cc(-c2ccccc2F)n(S(=O)(=O)c2cccc(OCC3(C(=O)NC)CC3)c2)c1.COC(=O)C1(C(=O)O)CC1. The second kappa shape index (κ2) is 47.3. The number of ether oxygens (including phenoxy) is 6. The van der Waals surface area contributed by atoms with E-state index in [0.717, 1.165) is 56.5 Å². The van der Waals surface area contributed by atoms with Gasteiger partial charge in [-0.3, -0.25) is 38.4 Å². The molecule has 6 aliphatic carbocycles. The maximum atomic E-state index is 14.9. The lowest BCUT2D eigenvalue weighted by Gasteiger charge is -2.24. The first-order valence-corrected chi connectivity index (χ1v) is 50.2. The summed E-state index contributed by atoms with van der Waals surface area (Å²) in [5.41, 5.74) is -2.93. The number of hydrogen-bond donors (Lipinski definition) is 10. The summed E-state index contributed by atoms with van der Waals surface area (Å²) in [5, 5.41) is 51.4. The van der Waals surface area contributed by atoms with Gasteiger partial charge in [0.25, 0.3) is 30.1 Å². The van der Waals surface area contributed by atoms with Crippen molar-refractivity contribution in [3.63, 3.8) is 0 Å². The summed E-state index contributed by atoms with van der Waals surface area (Å²) in [6, 6.07) is 39.8. The molecule has 0 bridgehead atoms. The van der Waals surface area contributed by atoms with Crippen LogP contribution in [0.4, 0.5) is 22.8 Å². The summed E-state index contributed by atoms with van der Waals surface area (Å²) in [5.74, 6) is -3.85. The molecule has 3 aromatic heterocycles. The van der Waals surface area contributed by atoms with Crippen LogP contribution < -0.4 is 41.4 Å². The fraction of sp³-hybridized carbons (Fsp3) is 0.426. The standard InChI is InChI=1S/C29H34FN3O6S.C24H26FN3O4S.C23H25FN2O5S.C7H11NO3.2C6H11NO2.C6H8O4/c1-28(2,3)39-27(35)32(5)17-20-15-25(23-11-6-7-12-24(23)30)33(18-20)40(36,37)22-10-8-9-21(16-22)38-19-29(13-14-29)26(34)31-4;1-26-14-17-12-22(20-8-3-4-9-21(20)25)28(15-17)33(30,31)19-7-5-6-18(13-19)32-16-24(10-11-24)23(29)27-2;1-23(2,3)31-22(28)25(4)14-16-12-21(19-10-5-6-11-20(19)24)26(15-16)32(29,30)18-9-7-8-17(27)13-18;1-8-5(9)7(3-4-7)6(10)11-2;2*1-7-5(9)6(4-8)2-3-6;1-10-5(9)6(2-3-6)4(7)8/h6-12,15-16,18H,13-14,17,19H2,1-5H3,(H,31,34);3-9,12-13,15,26H,10-11,14,16H2,1-2H3,(H,27,29);5-13,15,27H,14H2,1-4H3;3-4H2,1-2H3,(H,8,9);2*8H,2-4H2,1H3,(H,7,9);2-3H2,1H3,(H,7,8). The van der Waals surface area contributed by atoms with Crippen molar-refractivity contribution in [1.82, 2.24) is 53.6 Å². The number of rotatable bonds is 31. The number of methoxy groups -OCH3 is 2. The average molecular weight is 2060 g/mol. The highest BCUT2D eigenvalue weighted by Crippen LogP contribution is 2.51. The number of aromatic hydroxyl groups is 1. The smallest absolute Gasteiger partial charge is 0.410 e. The van der Waals surface area contributed by atoms with Crippen molar-refractivity contribution in [2.45, 2.75) is 164 Å². The minimum Gasteiger partial charge on any atom is -0.508 e. The van der Waals surface area contributed by atoms with E-state index in [2.05, 4.69) is 41.4 Å². The van der Waals surface area contributed by atoms with E-state index in [0.29, 0.717) is 73.3 Å². The van der Waals surface area contributed by atoms with Crippen LogP contribution in [0.15, 0.2) is 197 Å². The summed E-state index contributed by atoms with van der Waals surface area (Å²) in [6.07, 6.45) is 11.3. The number of carbonyl (C=O) groups is 10. The van der Waals surface area contributed by atoms with Crippen LogP contribution in [0.2, 0.25) is 0 Å². The molecule has 10 N–H and O–H groups in total. The third-order valence-electron chi connectivity index (χ3n) is 24.3. The van der Waals surface area contributed by atoms with Crippen LogP contribution in [0.5, 0.6) is 17.2 Å². The summed E-state index contributed by atoms with van der Waals surface area (Å²) in [6.45, 7) is 11.3. The average Bonchev–Trinajstić information content (AvgIpc) is 1.64. The third kappa shape index (κ3) is 28.1. The Bertz CT molecular complexity index is 6470. The van der Waals surface area contributed by atoms with E-state index in [9.17, 15) is 91.5 Å². The topological polar surface area (TPSA) is 503 Å². The largest absolute Gasteiger partial charge is 0.508 e. The van der Waals surface area contributed by atoms with Crippen molar-refractivity contribution in [3.8, 4) is 51.0 Å². The Hall–Kier alpha value is -13.6. The second-order valence-electron chi connectivity index (χ2n) is 37.6. The van der Waals surface area contributed by atoms with Gasteiger partial charge in [-0.25, -0.2) is 59.9 Å². The van der Waals surface area contributed by atoms with E-state index >= 15 is 0 Å². The summed E-state index contributed by atoms with van der Waals surface area (Å²) in [7, 11) is 2.73. The number of phenols is 1. The zero-order chi connectivity index (χ0) is 107. The van der Waals surface area contributed by atoms with Crippen molar-refractivity contribution < 1.29 is 135 Å². The first kappa shape index (κ1) is 114. The molecule has 780 valence electrons. The Morgan fingerprint density at radius 1 is 0.396 bits per heavy atom. The van der Waals surface area contributed by atoms with E-state index in [-0.39, 0.29) is 123 Å². The zero-order valence-electron chi connectivity index (χ0n) is 83.1. The highest BCUT2D eigenvalue weighted by atomic mass is 32.2. The Balaban J connectivity index is 0.000000202. The quantitative estimate of drug-likeness (QED) is 0.0110. The molecular weight excluding hydrogens is 1940 g/mol. The molecule has 0 atom stereocenters. The number of aliphatic hydroxyl groups is 2. The van der Waals surface area contributed by atoms with Crippen LogP contribution in [-0.2, 0) is 107 Å². The first-order valence-electron chi connectivity index (χ1n) is 45.9. The lowest BCUT2D eigenvalue weighted by Crippen LogP contribution is -2.35. The molecule has 0 saturated heterocycles. The fourth-order valence-electron chi connectivity index (χ4n) is 14.8. The van der Waals surface area contributed by atoms with Crippen LogP contribution in [-0.4, -0.2) is 235 Å².